The van der Waals surface area contributed by atoms with Crippen LogP contribution in [0.25, 0.3) is 0 Å². The molecule has 0 atom stereocenters. The molecule has 0 spiro atoms. The number of aliphatic imine (C=N–C) groups is 1. The lowest BCUT2D eigenvalue weighted by Gasteiger charge is -2.13. The highest BCUT2D eigenvalue weighted by molar-refractivity contribution is 8.14. The van der Waals surface area contributed by atoms with Crippen LogP contribution in [0.3, 0.4) is 0 Å². The van der Waals surface area contributed by atoms with E-state index < -0.39 is 17.5 Å². The van der Waals surface area contributed by atoms with Crippen LogP contribution in [0.1, 0.15) is 6.42 Å². The zero-order valence-electron chi connectivity index (χ0n) is 8.27. The van der Waals surface area contributed by atoms with E-state index in [9.17, 15) is 13.2 Å². The molecule has 1 aliphatic rings. The molecular formula is C10H9F3N2S. The van der Waals surface area contributed by atoms with Gasteiger partial charge in [-0.15, -0.1) is 0 Å². The molecule has 0 amide bonds. The third-order valence-corrected chi connectivity index (χ3v) is 3.03. The molecule has 1 aromatic rings. The molecule has 1 aliphatic heterocycles. The molecule has 2 nitrogen and oxygen atoms in total. The van der Waals surface area contributed by atoms with Crippen LogP contribution in [-0.2, 0) is 0 Å². The van der Waals surface area contributed by atoms with Crippen molar-refractivity contribution in [2.45, 2.75) is 6.42 Å². The molecule has 0 saturated carbocycles. The van der Waals surface area contributed by atoms with Gasteiger partial charge in [-0.1, -0.05) is 11.8 Å². The van der Waals surface area contributed by atoms with Gasteiger partial charge in [-0.2, -0.15) is 0 Å². The fourth-order valence-electron chi connectivity index (χ4n) is 1.29. The Kier molecular flexibility index (Phi) is 3.38. The van der Waals surface area contributed by atoms with Crippen molar-refractivity contribution in [2.24, 2.45) is 4.99 Å². The van der Waals surface area contributed by atoms with Crippen molar-refractivity contribution < 1.29 is 13.2 Å². The summed E-state index contributed by atoms with van der Waals surface area (Å²) in [5.41, 5.74) is 0.171. The summed E-state index contributed by atoms with van der Waals surface area (Å²) in [6.07, 6.45) is 0.988. The molecular weight excluding hydrogens is 237 g/mol. The molecule has 6 heteroatoms. The molecule has 2 rings (SSSR count). The molecule has 1 heterocycles. The highest BCUT2D eigenvalue weighted by Crippen LogP contribution is 2.20. The zero-order chi connectivity index (χ0) is 11.5. The van der Waals surface area contributed by atoms with Crippen molar-refractivity contribution in [3.8, 4) is 0 Å². The lowest BCUT2D eigenvalue weighted by molar-refractivity contribution is 0.448. The number of rotatable bonds is 1. The normalized spacial score (nSPS) is 15.8. The van der Waals surface area contributed by atoms with Crippen LogP contribution < -0.4 is 5.32 Å². The van der Waals surface area contributed by atoms with Crippen molar-refractivity contribution in [3.05, 3.63) is 29.6 Å². The molecule has 0 aromatic heterocycles. The predicted octanol–water partition coefficient (Wildman–Crippen LogP) is 3.01. The van der Waals surface area contributed by atoms with Gasteiger partial charge in [0.2, 0.25) is 0 Å². The Morgan fingerprint density at radius 3 is 2.44 bits per heavy atom. The Bertz CT molecular complexity index is 411. The third kappa shape index (κ3) is 2.49. The minimum atomic E-state index is -1.45. The zero-order valence-corrected chi connectivity index (χ0v) is 9.08. The second kappa shape index (κ2) is 4.78. The van der Waals surface area contributed by atoms with Crippen LogP contribution in [0.2, 0.25) is 0 Å². The van der Waals surface area contributed by atoms with Gasteiger partial charge >= 0.3 is 0 Å². The van der Waals surface area contributed by atoms with Crippen LogP contribution in [0, 0.1) is 17.5 Å². The van der Waals surface area contributed by atoms with Crippen LogP contribution in [0.4, 0.5) is 18.9 Å². The van der Waals surface area contributed by atoms with E-state index in [4.69, 9.17) is 0 Å². The predicted molar refractivity (Wildman–Crippen MR) is 59.3 cm³/mol. The molecule has 0 bridgehead atoms. The summed E-state index contributed by atoms with van der Waals surface area (Å²) in [5, 5.41) is 3.36. The highest BCUT2D eigenvalue weighted by Gasteiger charge is 2.12. The van der Waals surface area contributed by atoms with Crippen molar-refractivity contribution in [3.63, 3.8) is 0 Å². The maximum Gasteiger partial charge on any atom is 0.194 e. The number of nitrogens with zero attached hydrogens (tertiary/aromatic N) is 1. The number of hydrogen-bond acceptors (Lipinski definition) is 3. The minimum Gasteiger partial charge on any atom is -0.335 e. The molecule has 0 aliphatic carbocycles. The van der Waals surface area contributed by atoms with E-state index in [0.717, 1.165) is 24.3 Å². The van der Waals surface area contributed by atoms with E-state index in [0.29, 0.717) is 11.7 Å². The molecule has 1 N–H and O–H groups in total. The summed E-state index contributed by atoms with van der Waals surface area (Å²) >= 11 is 1.47. The Balaban J connectivity index is 2.18. The second-order valence-corrected chi connectivity index (χ2v) is 4.35. The standard InChI is InChI=1S/C10H9F3N2S/c11-7-4-6(5-8(12)9(7)13)15-10-14-2-1-3-16-10/h4-5H,1-3H2,(H,14,15). The van der Waals surface area contributed by atoms with Crippen LogP contribution in [0.15, 0.2) is 17.1 Å². The molecule has 16 heavy (non-hydrogen) atoms. The molecule has 0 radical (unpaired) electrons. The number of thioether (sulfide) groups is 1. The first-order chi connectivity index (χ1) is 7.66. The van der Waals surface area contributed by atoms with Gasteiger partial charge in [0, 0.05) is 30.1 Å². The van der Waals surface area contributed by atoms with E-state index in [2.05, 4.69) is 10.3 Å². The van der Waals surface area contributed by atoms with E-state index in [-0.39, 0.29) is 5.69 Å². The third-order valence-electron chi connectivity index (χ3n) is 2.03. The Labute approximate surface area is 95.0 Å². The SMILES string of the molecule is Fc1cc(NC2=NCCCS2)cc(F)c1F. The number of anilines is 1. The lowest BCUT2D eigenvalue weighted by Crippen LogP contribution is -2.14. The van der Waals surface area contributed by atoms with Gasteiger partial charge in [0.05, 0.1) is 0 Å². The maximum absolute atomic E-state index is 12.9. The van der Waals surface area contributed by atoms with Crippen LogP contribution in [-0.4, -0.2) is 17.5 Å². The second-order valence-electron chi connectivity index (χ2n) is 3.27. The quantitative estimate of drug-likeness (QED) is 0.770. The molecule has 0 saturated heterocycles. The fraction of sp³-hybridized carbons (Fsp3) is 0.300. The molecule has 1 aromatic carbocycles. The Morgan fingerprint density at radius 2 is 1.88 bits per heavy atom. The lowest BCUT2D eigenvalue weighted by atomic mass is 10.3. The van der Waals surface area contributed by atoms with Crippen molar-refractivity contribution >= 4 is 22.6 Å². The van der Waals surface area contributed by atoms with Crippen molar-refractivity contribution in [1.29, 1.82) is 0 Å². The van der Waals surface area contributed by atoms with E-state index >= 15 is 0 Å². The number of amidine groups is 1. The molecule has 0 unspecified atom stereocenters. The highest BCUT2D eigenvalue weighted by atomic mass is 32.2. The van der Waals surface area contributed by atoms with Crippen molar-refractivity contribution in [1.82, 2.24) is 0 Å². The largest absolute Gasteiger partial charge is 0.335 e. The monoisotopic (exact) mass is 246 g/mol. The number of halogens is 3. The maximum atomic E-state index is 12.9. The van der Waals surface area contributed by atoms with Gasteiger partial charge in [0.25, 0.3) is 0 Å². The first-order valence-electron chi connectivity index (χ1n) is 4.75. The molecule has 86 valence electrons. The van der Waals surface area contributed by atoms with Gasteiger partial charge in [-0.25, -0.2) is 13.2 Å². The summed E-state index contributed by atoms with van der Waals surface area (Å²) in [6, 6.07) is 1.83. The topological polar surface area (TPSA) is 24.4 Å². The van der Waals surface area contributed by atoms with E-state index in [1.165, 1.54) is 11.8 Å². The number of benzene rings is 1. The van der Waals surface area contributed by atoms with Gasteiger partial charge in [0.1, 0.15) is 0 Å². The average Bonchev–Trinajstić information content (AvgIpc) is 2.27. The van der Waals surface area contributed by atoms with E-state index in [1.807, 2.05) is 0 Å². The van der Waals surface area contributed by atoms with Crippen molar-refractivity contribution in [2.75, 3.05) is 17.6 Å². The van der Waals surface area contributed by atoms with E-state index in [1.54, 1.807) is 0 Å². The van der Waals surface area contributed by atoms with Crippen LogP contribution in [0.5, 0.6) is 0 Å². The Morgan fingerprint density at radius 1 is 1.19 bits per heavy atom. The summed E-state index contributed by atoms with van der Waals surface area (Å²) < 4.78 is 38.5. The van der Waals surface area contributed by atoms with Gasteiger partial charge < -0.3 is 5.32 Å². The summed E-state index contributed by atoms with van der Waals surface area (Å²) in [5.74, 6) is -2.95. The Hall–Kier alpha value is -1.17. The first-order valence-corrected chi connectivity index (χ1v) is 5.74. The smallest absolute Gasteiger partial charge is 0.194 e. The fourth-order valence-corrected chi connectivity index (χ4v) is 2.13. The van der Waals surface area contributed by atoms with Gasteiger partial charge in [-0.3, -0.25) is 4.99 Å². The minimum absolute atomic E-state index is 0.171. The summed E-state index contributed by atoms with van der Waals surface area (Å²) in [6.45, 7) is 0.696. The van der Waals surface area contributed by atoms with Crippen LogP contribution >= 0.6 is 11.8 Å². The molecule has 0 fully saturated rings. The average molecular weight is 246 g/mol. The van der Waals surface area contributed by atoms with Gasteiger partial charge in [-0.05, 0) is 6.42 Å². The first kappa shape index (κ1) is 11.3. The number of nitrogens with one attached hydrogen (secondary N) is 1. The summed E-state index contributed by atoms with van der Waals surface area (Å²) in [4.78, 5) is 4.14. The number of hydrogen-bond donors (Lipinski definition) is 1. The van der Waals surface area contributed by atoms with Gasteiger partial charge in [0.15, 0.2) is 22.6 Å². The summed E-state index contributed by atoms with van der Waals surface area (Å²) in [7, 11) is 0.